The van der Waals surface area contributed by atoms with Crippen molar-refractivity contribution in [3.05, 3.63) is 17.7 Å². The maximum absolute atomic E-state index is 10.0. The highest BCUT2D eigenvalue weighted by Gasteiger charge is 2.19. The van der Waals surface area contributed by atoms with E-state index in [2.05, 4.69) is 5.32 Å². The van der Waals surface area contributed by atoms with Crippen LogP contribution in [0, 0.1) is 0 Å². The molecule has 0 heterocycles. The number of methoxy groups -OCH3 is 3. The zero-order valence-corrected chi connectivity index (χ0v) is 10.6. The minimum Gasteiger partial charge on any atom is -0.496 e. The van der Waals surface area contributed by atoms with Gasteiger partial charge in [-0.15, -0.1) is 0 Å². The predicted octanol–water partition coefficient (Wildman–Crippen LogP) is 0.965. The molecule has 5 heteroatoms. The van der Waals surface area contributed by atoms with Crippen LogP contribution in [0.25, 0.3) is 0 Å². The predicted molar refractivity (Wildman–Crippen MR) is 65.0 cm³/mol. The van der Waals surface area contributed by atoms with Gasteiger partial charge in [-0.25, -0.2) is 0 Å². The van der Waals surface area contributed by atoms with Gasteiger partial charge in [0.15, 0.2) is 0 Å². The third-order valence-electron chi connectivity index (χ3n) is 2.48. The fourth-order valence-electron chi connectivity index (χ4n) is 1.66. The number of hydrogen-bond acceptors (Lipinski definition) is 5. The molecule has 0 aromatic heterocycles. The molecule has 96 valence electrons. The van der Waals surface area contributed by atoms with E-state index >= 15 is 0 Å². The van der Waals surface area contributed by atoms with E-state index in [0.717, 1.165) is 0 Å². The number of likely N-dealkylation sites (N-methyl/N-ethyl adjacent to an activating group) is 1. The van der Waals surface area contributed by atoms with E-state index in [4.69, 9.17) is 14.2 Å². The number of aliphatic hydroxyl groups excluding tert-OH is 1. The first-order chi connectivity index (χ1) is 8.17. The summed E-state index contributed by atoms with van der Waals surface area (Å²) in [5.74, 6) is 1.71. The largest absolute Gasteiger partial charge is 0.496 e. The van der Waals surface area contributed by atoms with Gasteiger partial charge < -0.3 is 24.6 Å². The van der Waals surface area contributed by atoms with Crippen molar-refractivity contribution in [3.63, 3.8) is 0 Å². The molecule has 0 spiro atoms. The highest BCUT2D eigenvalue weighted by molar-refractivity contribution is 5.52. The molecule has 1 unspecified atom stereocenters. The van der Waals surface area contributed by atoms with Crippen molar-refractivity contribution in [1.82, 2.24) is 5.32 Å². The number of nitrogens with one attached hydrogen (secondary N) is 1. The average molecular weight is 241 g/mol. The van der Waals surface area contributed by atoms with Crippen molar-refractivity contribution < 1.29 is 19.3 Å². The van der Waals surface area contributed by atoms with E-state index in [-0.39, 0.29) is 0 Å². The number of ether oxygens (including phenoxy) is 3. The Morgan fingerprint density at radius 3 is 2.00 bits per heavy atom. The van der Waals surface area contributed by atoms with Crippen LogP contribution in [0.15, 0.2) is 12.1 Å². The molecule has 5 nitrogen and oxygen atoms in total. The first kappa shape index (κ1) is 13.6. The summed E-state index contributed by atoms with van der Waals surface area (Å²) in [6.45, 7) is 0.416. The van der Waals surface area contributed by atoms with Gasteiger partial charge >= 0.3 is 0 Å². The fourth-order valence-corrected chi connectivity index (χ4v) is 1.66. The zero-order chi connectivity index (χ0) is 12.8. The smallest absolute Gasteiger partial charge is 0.132 e. The van der Waals surface area contributed by atoms with E-state index in [1.165, 1.54) is 0 Å². The van der Waals surface area contributed by atoms with Crippen LogP contribution in [-0.2, 0) is 0 Å². The summed E-state index contributed by atoms with van der Waals surface area (Å²) in [7, 11) is 6.43. The SMILES string of the molecule is CNCC(O)c1c(OC)cc(OC)cc1OC. The van der Waals surface area contributed by atoms with E-state index in [0.29, 0.717) is 29.4 Å². The molecule has 2 N–H and O–H groups in total. The van der Waals surface area contributed by atoms with Crippen LogP contribution in [0.1, 0.15) is 11.7 Å². The molecule has 1 atom stereocenters. The summed E-state index contributed by atoms with van der Waals surface area (Å²) < 4.78 is 15.6. The van der Waals surface area contributed by atoms with Crippen LogP contribution in [0.3, 0.4) is 0 Å². The van der Waals surface area contributed by atoms with E-state index < -0.39 is 6.10 Å². The first-order valence-corrected chi connectivity index (χ1v) is 5.30. The molecular weight excluding hydrogens is 222 g/mol. The quantitative estimate of drug-likeness (QED) is 0.777. The third kappa shape index (κ3) is 3.01. The second-order valence-electron chi connectivity index (χ2n) is 3.52. The number of hydrogen-bond donors (Lipinski definition) is 2. The normalized spacial score (nSPS) is 12.1. The summed E-state index contributed by atoms with van der Waals surface area (Å²) in [6, 6.07) is 3.44. The Bertz CT molecular complexity index is 343. The van der Waals surface area contributed by atoms with Crippen molar-refractivity contribution in [2.24, 2.45) is 0 Å². The van der Waals surface area contributed by atoms with Crippen molar-refractivity contribution in [3.8, 4) is 17.2 Å². The molecule has 0 saturated carbocycles. The average Bonchev–Trinajstić information content (AvgIpc) is 2.37. The summed E-state index contributed by atoms with van der Waals surface area (Å²) in [4.78, 5) is 0. The Balaban J connectivity index is 3.23. The lowest BCUT2D eigenvalue weighted by molar-refractivity contribution is 0.168. The van der Waals surface area contributed by atoms with Crippen molar-refractivity contribution in [2.75, 3.05) is 34.9 Å². The van der Waals surface area contributed by atoms with Gasteiger partial charge in [-0.05, 0) is 7.05 Å². The number of benzene rings is 1. The molecule has 0 radical (unpaired) electrons. The van der Waals surface area contributed by atoms with Crippen molar-refractivity contribution in [1.29, 1.82) is 0 Å². The van der Waals surface area contributed by atoms with Crippen LogP contribution >= 0.6 is 0 Å². The van der Waals surface area contributed by atoms with Gasteiger partial charge in [0.05, 0.1) is 33.0 Å². The van der Waals surface area contributed by atoms with E-state index in [1.807, 2.05) is 0 Å². The molecule has 0 amide bonds. The van der Waals surface area contributed by atoms with Crippen LogP contribution in [-0.4, -0.2) is 40.0 Å². The van der Waals surface area contributed by atoms with Gasteiger partial charge in [-0.2, -0.15) is 0 Å². The van der Waals surface area contributed by atoms with Crippen LogP contribution in [0.2, 0.25) is 0 Å². The standard InChI is InChI=1S/C12H19NO4/c1-13-7-9(14)12-10(16-3)5-8(15-2)6-11(12)17-4/h5-6,9,13-14H,7H2,1-4H3. The zero-order valence-electron chi connectivity index (χ0n) is 10.6. The third-order valence-corrected chi connectivity index (χ3v) is 2.48. The van der Waals surface area contributed by atoms with Gasteiger partial charge in [-0.1, -0.05) is 0 Å². The second-order valence-corrected chi connectivity index (χ2v) is 3.52. The number of rotatable bonds is 6. The van der Waals surface area contributed by atoms with E-state index in [1.54, 1.807) is 40.5 Å². The molecule has 17 heavy (non-hydrogen) atoms. The van der Waals surface area contributed by atoms with Crippen LogP contribution < -0.4 is 19.5 Å². The minimum atomic E-state index is -0.698. The van der Waals surface area contributed by atoms with Crippen LogP contribution in [0.5, 0.6) is 17.2 Å². The second kappa shape index (κ2) is 6.32. The summed E-state index contributed by atoms with van der Waals surface area (Å²) >= 11 is 0. The minimum absolute atomic E-state index is 0.416. The summed E-state index contributed by atoms with van der Waals surface area (Å²) in [5, 5.41) is 12.9. The Labute approximate surface area is 101 Å². The van der Waals surface area contributed by atoms with Gasteiger partial charge in [-0.3, -0.25) is 0 Å². The lowest BCUT2D eigenvalue weighted by atomic mass is 10.1. The Kier molecular flexibility index (Phi) is 5.06. The highest BCUT2D eigenvalue weighted by Crippen LogP contribution is 2.37. The van der Waals surface area contributed by atoms with Gasteiger partial charge in [0.2, 0.25) is 0 Å². The summed E-state index contributed by atoms with van der Waals surface area (Å²) in [6.07, 6.45) is -0.698. The maximum Gasteiger partial charge on any atom is 0.132 e. The van der Waals surface area contributed by atoms with Gasteiger partial charge in [0.1, 0.15) is 17.2 Å². The van der Waals surface area contributed by atoms with E-state index in [9.17, 15) is 5.11 Å². The lowest BCUT2D eigenvalue weighted by Gasteiger charge is -2.19. The Morgan fingerprint density at radius 2 is 1.65 bits per heavy atom. The molecule has 1 aromatic carbocycles. The Morgan fingerprint density at radius 1 is 1.12 bits per heavy atom. The first-order valence-electron chi connectivity index (χ1n) is 5.30. The molecule has 0 aliphatic carbocycles. The lowest BCUT2D eigenvalue weighted by Crippen LogP contribution is -2.18. The Hall–Kier alpha value is -1.46. The monoisotopic (exact) mass is 241 g/mol. The fraction of sp³-hybridized carbons (Fsp3) is 0.500. The maximum atomic E-state index is 10.0. The summed E-state index contributed by atoms with van der Waals surface area (Å²) in [5.41, 5.74) is 0.616. The topological polar surface area (TPSA) is 60.0 Å². The molecule has 0 aliphatic rings. The van der Waals surface area contributed by atoms with Crippen LogP contribution in [0.4, 0.5) is 0 Å². The molecule has 1 aromatic rings. The molecule has 0 fully saturated rings. The van der Waals surface area contributed by atoms with Gasteiger partial charge in [0.25, 0.3) is 0 Å². The number of aliphatic hydroxyl groups is 1. The molecule has 0 saturated heterocycles. The van der Waals surface area contributed by atoms with Gasteiger partial charge in [0, 0.05) is 18.7 Å². The molecule has 0 aliphatic heterocycles. The highest BCUT2D eigenvalue weighted by atomic mass is 16.5. The van der Waals surface area contributed by atoms with Crippen molar-refractivity contribution >= 4 is 0 Å². The molecular formula is C12H19NO4. The van der Waals surface area contributed by atoms with Crippen molar-refractivity contribution in [2.45, 2.75) is 6.10 Å². The molecule has 1 rings (SSSR count). The molecule has 0 bridgehead atoms.